The van der Waals surface area contributed by atoms with Gasteiger partial charge in [-0.1, -0.05) is 0 Å². The van der Waals surface area contributed by atoms with Crippen LogP contribution in [0.15, 0.2) is 34.1 Å². The van der Waals surface area contributed by atoms with Gasteiger partial charge in [-0.2, -0.15) is 5.10 Å². The zero-order valence-electron chi connectivity index (χ0n) is 11.8. The molecule has 7 heteroatoms. The number of guanidine groups is 1. The third kappa shape index (κ3) is 4.11. The van der Waals surface area contributed by atoms with E-state index in [0.717, 1.165) is 37.1 Å². The van der Waals surface area contributed by atoms with E-state index >= 15 is 0 Å². The summed E-state index contributed by atoms with van der Waals surface area (Å²) in [7, 11) is 1.86. The number of nitrogens with zero attached hydrogens (tertiary/aromatic N) is 4. The molecule has 0 aliphatic heterocycles. The molecule has 2 aromatic heterocycles. The molecular weight excluding hydrogens is 256 g/mol. The second-order valence-corrected chi connectivity index (χ2v) is 4.25. The summed E-state index contributed by atoms with van der Waals surface area (Å²) < 4.78 is 7.01. The van der Waals surface area contributed by atoms with E-state index in [1.807, 2.05) is 26.1 Å². The van der Waals surface area contributed by atoms with Crippen molar-refractivity contribution in [2.45, 2.75) is 19.9 Å². The van der Waals surface area contributed by atoms with Crippen molar-refractivity contribution >= 4 is 5.96 Å². The van der Waals surface area contributed by atoms with Crippen LogP contribution in [0, 0.1) is 0 Å². The van der Waals surface area contributed by atoms with E-state index in [-0.39, 0.29) is 0 Å². The molecule has 0 saturated heterocycles. The van der Waals surface area contributed by atoms with E-state index in [9.17, 15) is 0 Å². The molecule has 0 unspecified atom stereocenters. The molecule has 108 valence electrons. The van der Waals surface area contributed by atoms with Crippen molar-refractivity contribution in [1.29, 1.82) is 0 Å². The molecule has 2 rings (SSSR count). The molecule has 0 fully saturated rings. The van der Waals surface area contributed by atoms with Gasteiger partial charge in [0.25, 0.3) is 0 Å². The fourth-order valence-corrected chi connectivity index (χ4v) is 1.71. The number of hydrogen-bond acceptors (Lipinski definition) is 4. The van der Waals surface area contributed by atoms with Crippen LogP contribution in [0.3, 0.4) is 0 Å². The highest BCUT2D eigenvalue weighted by Crippen LogP contribution is 1.99. The summed E-state index contributed by atoms with van der Waals surface area (Å²) in [6.45, 7) is 4.10. The first-order chi connectivity index (χ1) is 9.79. The highest BCUT2D eigenvalue weighted by Gasteiger charge is 2.02. The zero-order valence-corrected chi connectivity index (χ0v) is 11.8. The van der Waals surface area contributed by atoms with Crippen LogP contribution in [0.4, 0.5) is 0 Å². The van der Waals surface area contributed by atoms with Gasteiger partial charge >= 0.3 is 0 Å². The van der Waals surface area contributed by atoms with Gasteiger partial charge in [0.15, 0.2) is 5.96 Å². The van der Waals surface area contributed by atoms with Crippen LogP contribution in [-0.4, -0.2) is 33.8 Å². The molecule has 0 aromatic carbocycles. The Morgan fingerprint density at radius 1 is 1.45 bits per heavy atom. The fraction of sp³-hybridized carbons (Fsp3) is 0.462. The maximum Gasteiger partial charge on any atom is 0.191 e. The van der Waals surface area contributed by atoms with E-state index in [4.69, 9.17) is 4.42 Å². The first kappa shape index (κ1) is 14.1. The van der Waals surface area contributed by atoms with Crippen LogP contribution in [0.1, 0.15) is 18.5 Å². The predicted octanol–water partition coefficient (Wildman–Crippen LogP) is 0.706. The number of aromatic nitrogens is 3. The standard InChI is InChI=1S/C13H20N6O/c1-3-14-13(15-7-6-11-5-4-8-20-11)16-9-12-17-10-18-19(12)2/h4-5,8,10H,3,6-7,9H2,1-2H3,(H2,14,15,16). The van der Waals surface area contributed by atoms with Crippen molar-refractivity contribution in [3.63, 3.8) is 0 Å². The summed E-state index contributed by atoms with van der Waals surface area (Å²) in [5, 5.41) is 10.5. The molecule has 0 bridgehead atoms. The quantitative estimate of drug-likeness (QED) is 0.600. The van der Waals surface area contributed by atoms with Gasteiger partial charge in [0.2, 0.25) is 0 Å². The van der Waals surface area contributed by atoms with Crippen LogP contribution >= 0.6 is 0 Å². The molecule has 2 N–H and O–H groups in total. The summed E-state index contributed by atoms with van der Waals surface area (Å²) in [6, 6.07) is 3.86. The smallest absolute Gasteiger partial charge is 0.191 e. The molecule has 0 amide bonds. The Bertz CT molecular complexity index is 531. The molecule has 20 heavy (non-hydrogen) atoms. The van der Waals surface area contributed by atoms with Gasteiger partial charge in [-0.15, -0.1) is 0 Å². The van der Waals surface area contributed by atoms with Gasteiger partial charge in [0.1, 0.15) is 24.5 Å². The second kappa shape index (κ2) is 7.32. The Kier molecular flexibility index (Phi) is 5.16. The lowest BCUT2D eigenvalue weighted by atomic mass is 10.3. The Morgan fingerprint density at radius 2 is 2.35 bits per heavy atom. The van der Waals surface area contributed by atoms with Crippen molar-refractivity contribution in [2.24, 2.45) is 12.0 Å². The van der Waals surface area contributed by atoms with Gasteiger partial charge in [0, 0.05) is 26.6 Å². The SMILES string of the molecule is CCNC(=NCc1ncnn1C)NCCc1ccco1. The first-order valence-electron chi connectivity index (χ1n) is 6.67. The van der Waals surface area contributed by atoms with Crippen molar-refractivity contribution in [3.05, 3.63) is 36.3 Å². The van der Waals surface area contributed by atoms with E-state index < -0.39 is 0 Å². The number of rotatable bonds is 6. The first-order valence-corrected chi connectivity index (χ1v) is 6.67. The molecule has 7 nitrogen and oxygen atoms in total. The summed E-state index contributed by atoms with van der Waals surface area (Å²) in [5.74, 6) is 2.55. The fourth-order valence-electron chi connectivity index (χ4n) is 1.71. The molecule has 2 heterocycles. The van der Waals surface area contributed by atoms with Crippen molar-refractivity contribution in [3.8, 4) is 0 Å². The summed E-state index contributed by atoms with van der Waals surface area (Å²) in [5.41, 5.74) is 0. The highest BCUT2D eigenvalue weighted by molar-refractivity contribution is 5.79. The highest BCUT2D eigenvalue weighted by atomic mass is 16.3. The van der Waals surface area contributed by atoms with Crippen LogP contribution in [0.5, 0.6) is 0 Å². The third-order valence-corrected chi connectivity index (χ3v) is 2.77. The minimum absolute atomic E-state index is 0.493. The second-order valence-electron chi connectivity index (χ2n) is 4.25. The number of aliphatic imine (C=N–C) groups is 1. The van der Waals surface area contributed by atoms with Crippen molar-refractivity contribution in [1.82, 2.24) is 25.4 Å². The molecule has 0 saturated carbocycles. The van der Waals surface area contributed by atoms with Gasteiger partial charge in [0.05, 0.1) is 6.26 Å². The Morgan fingerprint density at radius 3 is 3.00 bits per heavy atom. The van der Waals surface area contributed by atoms with E-state index in [1.54, 1.807) is 10.9 Å². The minimum Gasteiger partial charge on any atom is -0.469 e. The monoisotopic (exact) mass is 276 g/mol. The molecule has 0 atom stereocenters. The minimum atomic E-state index is 0.493. The van der Waals surface area contributed by atoms with E-state index in [1.165, 1.54) is 6.33 Å². The third-order valence-electron chi connectivity index (χ3n) is 2.77. The number of furan rings is 1. The average molecular weight is 276 g/mol. The van der Waals surface area contributed by atoms with Crippen LogP contribution in [-0.2, 0) is 20.0 Å². The van der Waals surface area contributed by atoms with Gasteiger partial charge in [-0.3, -0.25) is 4.68 Å². The van der Waals surface area contributed by atoms with Crippen molar-refractivity contribution < 1.29 is 4.42 Å². The van der Waals surface area contributed by atoms with Crippen LogP contribution in [0.25, 0.3) is 0 Å². The Labute approximate surface area is 118 Å². The van der Waals surface area contributed by atoms with E-state index in [0.29, 0.717) is 6.54 Å². The maximum atomic E-state index is 5.29. The number of hydrogen-bond donors (Lipinski definition) is 2. The van der Waals surface area contributed by atoms with Crippen LogP contribution in [0.2, 0.25) is 0 Å². The normalized spacial score (nSPS) is 11.6. The Hall–Kier alpha value is -2.31. The lowest BCUT2D eigenvalue weighted by Gasteiger charge is -2.10. The average Bonchev–Trinajstić information content (AvgIpc) is 3.08. The largest absolute Gasteiger partial charge is 0.469 e. The summed E-state index contributed by atoms with van der Waals surface area (Å²) >= 11 is 0. The molecule has 2 aromatic rings. The molecule has 0 spiro atoms. The number of aryl methyl sites for hydroxylation is 1. The Balaban J connectivity index is 1.84. The molecule has 0 aliphatic carbocycles. The van der Waals surface area contributed by atoms with Crippen LogP contribution < -0.4 is 10.6 Å². The summed E-state index contributed by atoms with van der Waals surface area (Å²) in [4.78, 5) is 8.62. The lowest BCUT2D eigenvalue weighted by Crippen LogP contribution is -2.38. The topological polar surface area (TPSA) is 80.3 Å². The predicted molar refractivity (Wildman–Crippen MR) is 76.2 cm³/mol. The number of nitrogens with one attached hydrogen (secondary N) is 2. The molecule has 0 radical (unpaired) electrons. The van der Waals surface area contributed by atoms with Gasteiger partial charge < -0.3 is 15.1 Å². The lowest BCUT2D eigenvalue weighted by molar-refractivity contribution is 0.507. The van der Waals surface area contributed by atoms with Gasteiger partial charge in [-0.05, 0) is 19.1 Å². The van der Waals surface area contributed by atoms with Crippen molar-refractivity contribution in [2.75, 3.05) is 13.1 Å². The summed E-state index contributed by atoms with van der Waals surface area (Å²) in [6.07, 6.45) is 4.03. The zero-order chi connectivity index (χ0) is 14.2. The van der Waals surface area contributed by atoms with E-state index in [2.05, 4.69) is 25.7 Å². The molecule has 0 aliphatic rings. The maximum absolute atomic E-state index is 5.29. The van der Waals surface area contributed by atoms with Gasteiger partial charge in [-0.25, -0.2) is 9.98 Å². The molecular formula is C13H20N6O.